The highest BCUT2D eigenvalue weighted by molar-refractivity contribution is 5.56. The summed E-state index contributed by atoms with van der Waals surface area (Å²) in [4.78, 5) is 3.89. The Labute approximate surface area is 68.2 Å². The first-order valence-electron chi connectivity index (χ1n) is 3.78. The highest BCUT2D eigenvalue weighted by atomic mass is 14.7. The molecular formula is C8H17N3. The first-order chi connectivity index (χ1) is 4.95. The van der Waals surface area contributed by atoms with Crippen LogP contribution >= 0.6 is 0 Å². The first-order valence-corrected chi connectivity index (χ1v) is 3.78. The van der Waals surface area contributed by atoms with E-state index >= 15 is 0 Å². The Bertz CT molecular complexity index is 170. The molecule has 3 heteroatoms. The fourth-order valence-electron chi connectivity index (χ4n) is 0.711. The van der Waals surface area contributed by atoms with Gasteiger partial charge in [0.05, 0.1) is 5.70 Å². The molecular weight excluding hydrogens is 138 g/mol. The standard InChI is InChI=1S/C8H17N3/c1-4-11-6-7(9)5-8(2,3)10/h4-5,9-10H2,1-3H3. The largest absolute Gasteiger partial charge is 0.394 e. The van der Waals surface area contributed by atoms with Crippen molar-refractivity contribution in [2.75, 3.05) is 6.54 Å². The summed E-state index contributed by atoms with van der Waals surface area (Å²) >= 11 is 0. The minimum Gasteiger partial charge on any atom is -0.394 e. The van der Waals surface area contributed by atoms with Gasteiger partial charge in [-0.3, -0.25) is 0 Å². The lowest BCUT2D eigenvalue weighted by atomic mass is 10.0. The van der Waals surface area contributed by atoms with Crippen LogP contribution in [0.25, 0.3) is 0 Å². The van der Waals surface area contributed by atoms with E-state index in [1.54, 1.807) is 0 Å². The van der Waals surface area contributed by atoms with Crippen LogP contribution < -0.4 is 11.5 Å². The van der Waals surface area contributed by atoms with Crippen LogP contribution in [0.4, 0.5) is 0 Å². The molecule has 0 radical (unpaired) electrons. The Balaban J connectivity index is 4.07. The molecule has 0 saturated heterocycles. The topological polar surface area (TPSA) is 64.4 Å². The maximum atomic E-state index is 5.73. The van der Waals surface area contributed by atoms with Gasteiger partial charge < -0.3 is 11.5 Å². The van der Waals surface area contributed by atoms with E-state index < -0.39 is 0 Å². The molecule has 0 spiro atoms. The van der Waals surface area contributed by atoms with Crippen molar-refractivity contribution < 1.29 is 0 Å². The van der Waals surface area contributed by atoms with Crippen LogP contribution in [-0.4, -0.2) is 18.0 Å². The van der Waals surface area contributed by atoms with Crippen LogP contribution in [0.2, 0.25) is 0 Å². The van der Waals surface area contributed by atoms with Gasteiger partial charge in [0, 0.05) is 24.4 Å². The quantitative estimate of drug-likeness (QED) is 0.588. The Morgan fingerprint density at radius 3 is 2.45 bits per heavy atom. The predicted molar refractivity (Wildman–Crippen MR) is 48.6 cm³/mol. The molecule has 0 heterocycles. The normalized spacial score (nSPS) is 10.5. The van der Waals surface area contributed by atoms with Crippen LogP contribution in [0.3, 0.4) is 0 Å². The molecule has 0 atom stereocenters. The molecule has 0 aromatic rings. The maximum absolute atomic E-state index is 5.73. The van der Waals surface area contributed by atoms with Crippen molar-refractivity contribution in [3.8, 4) is 0 Å². The van der Waals surface area contributed by atoms with Gasteiger partial charge >= 0.3 is 0 Å². The van der Waals surface area contributed by atoms with Gasteiger partial charge in [-0.25, -0.2) is 4.99 Å². The number of rotatable bonds is 3. The fraction of sp³-hybridized carbons (Fsp3) is 0.750. The third-order valence-corrected chi connectivity index (χ3v) is 1.03. The summed E-state index contributed by atoms with van der Waals surface area (Å²) in [7, 11) is 0. The van der Waals surface area contributed by atoms with Gasteiger partial charge in [0.2, 0.25) is 0 Å². The fourth-order valence-corrected chi connectivity index (χ4v) is 0.711. The van der Waals surface area contributed by atoms with Gasteiger partial charge in [0.1, 0.15) is 0 Å². The van der Waals surface area contributed by atoms with E-state index in [-0.39, 0.29) is 5.54 Å². The van der Waals surface area contributed by atoms with Gasteiger partial charge in [-0.15, -0.1) is 0 Å². The molecule has 0 amide bonds. The second kappa shape index (κ2) is 4.16. The lowest BCUT2D eigenvalue weighted by Gasteiger charge is -2.16. The lowest BCUT2D eigenvalue weighted by Crippen LogP contribution is -2.33. The minimum atomic E-state index is -0.264. The van der Waals surface area contributed by atoms with E-state index in [1.165, 1.54) is 0 Å². The van der Waals surface area contributed by atoms with E-state index in [0.717, 1.165) is 0 Å². The number of hydrogen-bond acceptors (Lipinski definition) is 3. The smallest absolute Gasteiger partial charge is 0.0723 e. The lowest BCUT2D eigenvalue weighted by molar-refractivity contribution is 0.514. The molecule has 0 rings (SSSR count). The molecule has 4 N–H and O–H groups in total. The highest BCUT2D eigenvalue weighted by Gasteiger charge is 2.11. The molecule has 0 aliphatic heterocycles. The molecule has 0 aliphatic rings. The van der Waals surface area contributed by atoms with Crippen molar-refractivity contribution in [2.45, 2.75) is 32.7 Å². The minimum absolute atomic E-state index is 0.264. The van der Waals surface area contributed by atoms with Crippen molar-refractivity contribution in [2.24, 2.45) is 16.5 Å². The molecule has 0 aromatic heterocycles. The van der Waals surface area contributed by atoms with E-state index in [0.29, 0.717) is 18.7 Å². The summed E-state index contributed by atoms with van der Waals surface area (Å²) in [5.74, 6) is 2.73. The Hall–Kier alpha value is -0.790. The van der Waals surface area contributed by atoms with Gasteiger partial charge in [0.15, 0.2) is 0 Å². The van der Waals surface area contributed by atoms with Crippen LogP contribution in [0, 0.1) is 0 Å². The van der Waals surface area contributed by atoms with Gasteiger partial charge in [-0.2, -0.15) is 0 Å². The summed E-state index contributed by atoms with van der Waals surface area (Å²) in [6, 6.07) is 0. The Morgan fingerprint density at radius 2 is 2.09 bits per heavy atom. The zero-order valence-electron chi connectivity index (χ0n) is 7.52. The van der Waals surface area contributed by atoms with E-state index in [2.05, 4.69) is 10.9 Å². The first kappa shape index (κ1) is 10.2. The molecule has 0 unspecified atom stereocenters. The number of nitrogens with two attached hydrogens (primary N) is 2. The number of nitrogens with zero attached hydrogens (tertiary/aromatic N) is 1. The predicted octanol–water partition coefficient (Wildman–Crippen LogP) is 0.646. The molecule has 3 nitrogen and oxygen atoms in total. The molecule has 0 aliphatic carbocycles. The van der Waals surface area contributed by atoms with Crippen molar-refractivity contribution in [3.05, 3.63) is 5.70 Å². The van der Waals surface area contributed by atoms with Crippen LogP contribution in [-0.2, 0) is 0 Å². The summed E-state index contributed by atoms with van der Waals surface area (Å²) in [5.41, 5.74) is 11.7. The summed E-state index contributed by atoms with van der Waals surface area (Å²) in [5, 5.41) is 0. The number of hydrogen-bond donors (Lipinski definition) is 2. The SMILES string of the molecule is CCN=C=C(N)CC(C)(C)N. The molecule has 0 aromatic carbocycles. The molecule has 11 heavy (non-hydrogen) atoms. The summed E-state index contributed by atoms with van der Waals surface area (Å²) in [6.07, 6.45) is 0.635. The molecule has 0 bridgehead atoms. The zero-order valence-corrected chi connectivity index (χ0v) is 7.52. The molecule has 64 valence electrons. The monoisotopic (exact) mass is 155 g/mol. The van der Waals surface area contributed by atoms with Gasteiger partial charge in [0.25, 0.3) is 0 Å². The third kappa shape index (κ3) is 7.10. The third-order valence-electron chi connectivity index (χ3n) is 1.03. The maximum Gasteiger partial charge on any atom is 0.0723 e. The van der Waals surface area contributed by atoms with Gasteiger partial charge in [-0.05, 0) is 20.8 Å². The van der Waals surface area contributed by atoms with Crippen molar-refractivity contribution in [1.82, 2.24) is 0 Å². The van der Waals surface area contributed by atoms with Crippen LogP contribution in [0.15, 0.2) is 10.7 Å². The van der Waals surface area contributed by atoms with Crippen LogP contribution in [0.5, 0.6) is 0 Å². The zero-order chi connectivity index (χ0) is 8.91. The van der Waals surface area contributed by atoms with Crippen molar-refractivity contribution >= 4 is 5.87 Å². The second-order valence-electron chi connectivity index (χ2n) is 3.28. The molecule has 0 saturated carbocycles. The Morgan fingerprint density at radius 1 is 1.55 bits per heavy atom. The molecule has 0 fully saturated rings. The van der Waals surface area contributed by atoms with Crippen LogP contribution in [0.1, 0.15) is 27.2 Å². The van der Waals surface area contributed by atoms with Crippen molar-refractivity contribution in [3.63, 3.8) is 0 Å². The summed E-state index contributed by atoms with van der Waals surface area (Å²) < 4.78 is 0. The van der Waals surface area contributed by atoms with Gasteiger partial charge in [-0.1, -0.05) is 0 Å². The van der Waals surface area contributed by atoms with E-state index in [4.69, 9.17) is 11.5 Å². The van der Waals surface area contributed by atoms with E-state index in [1.807, 2.05) is 20.8 Å². The van der Waals surface area contributed by atoms with Crippen molar-refractivity contribution in [1.29, 1.82) is 0 Å². The second-order valence-corrected chi connectivity index (χ2v) is 3.28. The Kier molecular flexibility index (Phi) is 3.86. The average Bonchev–Trinajstić information content (AvgIpc) is 1.79. The van der Waals surface area contributed by atoms with E-state index in [9.17, 15) is 0 Å². The highest BCUT2D eigenvalue weighted by Crippen LogP contribution is 2.05. The number of aliphatic imine (C=N–C) groups is 1. The average molecular weight is 155 g/mol. The summed E-state index contributed by atoms with van der Waals surface area (Å²) in [6.45, 7) is 6.50.